The molecule has 1 saturated heterocycles. The molecule has 0 aromatic carbocycles. The average molecular weight is 291 g/mol. The third-order valence-electron chi connectivity index (χ3n) is 3.56. The minimum absolute atomic E-state index is 0.111. The lowest BCUT2D eigenvalue weighted by molar-refractivity contribution is 0.251. The molecule has 5 nitrogen and oxygen atoms in total. The van der Waals surface area contributed by atoms with Crippen molar-refractivity contribution in [1.82, 2.24) is 13.9 Å². The molecule has 1 fully saturated rings. The highest BCUT2D eigenvalue weighted by Crippen LogP contribution is 2.18. The summed E-state index contributed by atoms with van der Waals surface area (Å²) < 4.78 is 28.9. The number of nitrogens with zero attached hydrogens (tertiary/aromatic N) is 2. The molecule has 0 bridgehead atoms. The third kappa shape index (κ3) is 4.41. The van der Waals surface area contributed by atoms with Crippen LogP contribution in [0.4, 0.5) is 0 Å². The van der Waals surface area contributed by atoms with Crippen molar-refractivity contribution in [3.05, 3.63) is 0 Å². The van der Waals surface area contributed by atoms with Gasteiger partial charge < -0.3 is 5.32 Å². The second-order valence-corrected chi connectivity index (χ2v) is 6.99. The lowest BCUT2D eigenvalue weighted by atomic mass is 10.1. The van der Waals surface area contributed by atoms with E-state index in [0.717, 1.165) is 38.8 Å². The van der Waals surface area contributed by atoms with Gasteiger partial charge in [0.25, 0.3) is 10.2 Å². The van der Waals surface area contributed by atoms with Gasteiger partial charge in [0.1, 0.15) is 0 Å². The number of piperidine rings is 1. The van der Waals surface area contributed by atoms with Crippen LogP contribution in [0.2, 0.25) is 0 Å². The van der Waals surface area contributed by atoms with E-state index in [2.05, 4.69) is 5.32 Å². The van der Waals surface area contributed by atoms with E-state index in [9.17, 15) is 8.42 Å². The largest absolute Gasteiger partial charge is 0.315 e. The Morgan fingerprint density at radius 1 is 1.16 bits per heavy atom. The smallest absolute Gasteiger partial charge is 0.282 e. The third-order valence-corrected chi connectivity index (χ3v) is 5.73. The molecule has 1 unspecified atom stereocenters. The molecular weight excluding hydrogens is 262 g/mol. The fraction of sp³-hybridized carbons (Fsp3) is 1.00. The second kappa shape index (κ2) is 8.19. The highest BCUT2D eigenvalue weighted by molar-refractivity contribution is 7.86. The Morgan fingerprint density at radius 3 is 2.21 bits per heavy atom. The highest BCUT2D eigenvalue weighted by atomic mass is 32.2. The summed E-state index contributed by atoms with van der Waals surface area (Å²) in [4.78, 5) is 0. The molecule has 19 heavy (non-hydrogen) atoms. The van der Waals surface area contributed by atoms with E-state index in [-0.39, 0.29) is 6.04 Å². The first-order chi connectivity index (χ1) is 9.07. The molecule has 1 N–H and O–H groups in total. The molecule has 1 rings (SSSR count). The van der Waals surface area contributed by atoms with E-state index in [4.69, 9.17) is 0 Å². The molecule has 0 aromatic heterocycles. The number of rotatable bonds is 8. The predicted molar refractivity (Wildman–Crippen MR) is 79.3 cm³/mol. The molecule has 1 aliphatic rings. The van der Waals surface area contributed by atoms with Crippen LogP contribution in [0.1, 0.15) is 46.5 Å². The van der Waals surface area contributed by atoms with Gasteiger partial charge in [0.05, 0.1) is 0 Å². The molecule has 0 saturated carbocycles. The van der Waals surface area contributed by atoms with Crippen molar-refractivity contribution in [2.45, 2.75) is 52.5 Å². The van der Waals surface area contributed by atoms with E-state index >= 15 is 0 Å². The molecule has 0 spiro atoms. The normalized spacial score (nSPS) is 21.2. The summed E-state index contributed by atoms with van der Waals surface area (Å²) in [5.74, 6) is 0. The first-order valence-electron chi connectivity index (χ1n) is 7.55. The molecular formula is C13H29N3O2S. The van der Waals surface area contributed by atoms with Gasteiger partial charge in [-0.3, -0.25) is 0 Å². The van der Waals surface area contributed by atoms with Gasteiger partial charge in [0.2, 0.25) is 0 Å². The van der Waals surface area contributed by atoms with Crippen molar-refractivity contribution in [1.29, 1.82) is 0 Å². The van der Waals surface area contributed by atoms with Crippen LogP contribution in [0, 0.1) is 0 Å². The van der Waals surface area contributed by atoms with Gasteiger partial charge in [-0.25, -0.2) is 0 Å². The van der Waals surface area contributed by atoms with Crippen molar-refractivity contribution < 1.29 is 8.42 Å². The number of hydrogen-bond donors (Lipinski definition) is 1. The first-order valence-corrected chi connectivity index (χ1v) is 8.95. The zero-order valence-electron chi connectivity index (χ0n) is 12.6. The minimum Gasteiger partial charge on any atom is -0.315 e. The highest BCUT2D eigenvalue weighted by Gasteiger charge is 2.33. The molecule has 0 aliphatic carbocycles. The average Bonchev–Trinajstić information content (AvgIpc) is 2.40. The number of hydrogen-bond acceptors (Lipinski definition) is 3. The molecule has 1 atom stereocenters. The quantitative estimate of drug-likeness (QED) is 0.736. The summed E-state index contributed by atoms with van der Waals surface area (Å²) in [6.07, 6.45) is 3.74. The lowest BCUT2D eigenvalue weighted by Gasteiger charge is -2.36. The van der Waals surface area contributed by atoms with Gasteiger partial charge in [0, 0.05) is 32.2 Å². The molecule has 6 heteroatoms. The predicted octanol–water partition coefficient (Wildman–Crippen LogP) is 1.43. The van der Waals surface area contributed by atoms with Gasteiger partial charge in [0.15, 0.2) is 0 Å². The van der Waals surface area contributed by atoms with Crippen LogP contribution in [0.5, 0.6) is 0 Å². The molecule has 114 valence electrons. The second-order valence-electron chi connectivity index (χ2n) is 5.11. The Morgan fingerprint density at radius 2 is 1.79 bits per heavy atom. The van der Waals surface area contributed by atoms with Gasteiger partial charge in [-0.05, 0) is 32.2 Å². The summed E-state index contributed by atoms with van der Waals surface area (Å²) in [7, 11) is -3.31. The van der Waals surface area contributed by atoms with Crippen LogP contribution < -0.4 is 5.32 Å². The Bertz CT molecular complexity index is 334. The summed E-state index contributed by atoms with van der Waals surface area (Å²) in [5.41, 5.74) is 0. The maximum absolute atomic E-state index is 12.8. The van der Waals surface area contributed by atoms with Crippen molar-refractivity contribution in [2.75, 3.05) is 32.7 Å². The maximum atomic E-state index is 12.8. The zero-order valence-corrected chi connectivity index (χ0v) is 13.4. The molecule has 0 aromatic rings. The summed E-state index contributed by atoms with van der Waals surface area (Å²) in [6.45, 7) is 9.55. The molecule has 0 amide bonds. The molecule has 1 heterocycles. The summed E-state index contributed by atoms with van der Waals surface area (Å²) in [6, 6.07) is 0.111. The zero-order chi connectivity index (χ0) is 14.3. The van der Waals surface area contributed by atoms with Crippen LogP contribution in [-0.2, 0) is 10.2 Å². The first kappa shape index (κ1) is 16.9. The SMILES string of the molecule is CCCN(CCC)S(=O)(=O)N(CC)C1CCCNC1. The van der Waals surface area contributed by atoms with Crippen molar-refractivity contribution in [3.63, 3.8) is 0 Å². The number of likely N-dealkylation sites (N-methyl/N-ethyl adjacent to an activating group) is 1. The topological polar surface area (TPSA) is 52.7 Å². The van der Waals surface area contributed by atoms with Crippen molar-refractivity contribution >= 4 is 10.2 Å². The summed E-state index contributed by atoms with van der Waals surface area (Å²) >= 11 is 0. The van der Waals surface area contributed by atoms with E-state index in [0.29, 0.717) is 19.6 Å². The molecule has 1 aliphatic heterocycles. The standard InChI is InChI=1S/C13H29N3O2S/c1-4-10-15(11-5-2)19(17,18)16(6-3)13-8-7-9-14-12-13/h13-14H,4-12H2,1-3H3. The fourth-order valence-electron chi connectivity index (χ4n) is 2.68. The van der Waals surface area contributed by atoms with Crippen LogP contribution >= 0.6 is 0 Å². The van der Waals surface area contributed by atoms with Gasteiger partial charge >= 0.3 is 0 Å². The van der Waals surface area contributed by atoms with Crippen LogP contribution in [0.3, 0.4) is 0 Å². The van der Waals surface area contributed by atoms with Crippen LogP contribution in [-0.4, -0.2) is 55.8 Å². The lowest BCUT2D eigenvalue weighted by Crippen LogP contribution is -2.53. The van der Waals surface area contributed by atoms with Crippen molar-refractivity contribution in [3.8, 4) is 0 Å². The van der Waals surface area contributed by atoms with E-state index in [1.54, 1.807) is 8.61 Å². The summed E-state index contributed by atoms with van der Waals surface area (Å²) in [5, 5.41) is 3.30. The fourth-order valence-corrected chi connectivity index (χ4v) is 4.68. The Balaban J connectivity index is 2.85. The molecule has 0 radical (unpaired) electrons. The Kier molecular flexibility index (Phi) is 7.28. The van der Waals surface area contributed by atoms with Crippen molar-refractivity contribution in [2.24, 2.45) is 0 Å². The van der Waals surface area contributed by atoms with Crippen LogP contribution in [0.25, 0.3) is 0 Å². The monoisotopic (exact) mass is 291 g/mol. The van der Waals surface area contributed by atoms with E-state index in [1.165, 1.54) is 0 Å². The van der Waals surface area contributed by atoms with Gasteiger partial charge in [-0.2, -0.15) is 17.0 Å². The Hall–Kier alpha value is -0.170. The van der Waals surface area contributed by atoms with Crippen LogP contribution in [0.15, 0.2) is 0 Å². The Labute approximate surface area is 118 Å². The van der Waals surface area contributed by atoms with Gasteiger partial charge in [-0.15, -0.1) is 0 Å². The van der Waals surface area contributed by atoms with Gasteiger partial charge in [-0.1, -0.05) is 20.8 Å². The van der Waals surface area contributed by atoms with E-state index in [1.807, 2.05) is 20.8 Å². The maximum Gasteiger partial charge on any atom is 0.282 e. The van der Waals surface area contributed by atoms with E-state index < -0.39 is 10.2 Å². The minimum atomic E-state index is -3.31. The number of nitrogens with one attached hydrogen (secondary N) is 1.